The maximum Gasteiger partial charge on any atom is 0.320 e. The van der Waals surface area contributed by atoms with Crippen molar-refractivity contribution in [3.05, 3.63) is 5.82 Å². The Morgan fingerprint density at radius 3 is 2.61 bits per heavy atom. The number of hydrogen-bond donors (Lipinski definition) is 1. The Morgan fingerprint density at radius 1 is 1.17 bits per heavy atom. The number of urea groups is 1. The summed E-state index contributed by atoms with van der Waals surface area (Å²) >= 11 is 0. The molecule has 2 aliphatic heterocycles. The number of nitrogens with one attached hydrogen (secondary N) is 1. The van der Waals surface area contributed by atoms with Crippen molar-refractivity contribution in [3.8, 4) is 0 Å². The van der Waals surface area contributed by atoms with Gasteiger partial charge in [-0.25, -0.2) is 4.79 Å². The Bertz CT molecular complexity index is 567. The number of likely N-dealkylation sites (tertiary alicyclic amines) is 2. The first-order valence-electron chi connectivity index (χ1n) is 8.18. The minimum atomic E-state index is -0.160. The predicted octanol–water partition coefficient (Wildman–Crippen LogP) is -0.246. The zero-order valence-electron chi connectivity index (χ0n) is 13.4. The van der Waals surface area contributed by atoms with E-state index in [4.69, 9.17) is 0 Å². The van der Waals surface area contributed by atoms with E-state index in [0.29, 0.717) is 12.4 Å². The Kier molecular flexibility index (Phi) is 4.73. The Hall–Kier alpha value is -2.19. The molecule has 23 heavy (non-hydrogen) atoms. The van der Waals surface area contributed by atoms with Crippen molar-refractivity contribution < 1.29 is 9.59 Å². The monoisotopic (exact) mass is 321 g/mol. The Morgan fingerprint density at radius 2 is 1.91 bits per heavy atom. The Labute approximate surface area is 135 Å². The van der Waals surface area contributed by atoms with Gasteiger partial charge in [-0.05, 0) is 30.9 Å². The smallest absolute Gasteiger partial charge is 0.320 e. The molecule has 126 valence electrons. The summed E-state index contributed by atoms with van der Waals surface area (Å²) < 4.78 is 0. The molecule has 3 rings (SSSR count). The fraction of sp³-hybridized carbons (Fsp3) is 0.786. The van der Waals surface area contributed by atoms with Gasteiger partial charge in [0, 0.05) is 26.2 Å². The van der Waals surface area contributed by atoms with Gasteiger partial charge in [-0.2, -0.15) is 4.80 Å². The molecule has 2 aliphatic rings. The second-order valence-electron chi connectivity index (χ2n) is 6.17. The molecular formula is C14H23N7O2. The van der Waals surface area contributed by atoms with Gasteiger partial charge >= 0.3 is 6.03 Å². The first-order chi connectivity index (χ1) is 11.1. The Balaban J connectivity index is 1.50. The standard InChI is InChI=1S/C14H23N7O2/c1-19-17-12(16-18-19)9-15-13(22)11-5-4-8-21(10-11)14(23)20-6-2-3-7-20/h11H,2-10H2,1H3,(H,15,22). The number of aromatic nitrogens is 4. The van der Waals surface area contributed by atoms with Crippen LogP contribution in [0.15, 0.2) is 0 Å². The van der Waals surface area contributed by atoms with E-state index in [-0.39, 0.29) is 24.4 Å². The van der Waals surface area contributed by atoms with E-state index < -0.39 is 0 Å². The van der Waals surface area contributed by atoms with Crippen molar-refractivity contribution in [2.45, 2.75) is 32.2 Å². The molecule has 2 saturated heterocycles. The quantitative estimate of drug-likeness (QED) is 0.828. The molecule has 0 spiro atoms. The van der Waals surface area contributed by atoms with Gasteiger partial charge in [-0.1, -0.05) is 0 Å². The van der Waals surface area contributed by atoms with Crippen LogP contribution in [0.3, 0.4) is 0 Å². The van der Waals surface area contributed by atoms with Gasteiger partial charge in [0.25, 0.3) is 0 Å². The van der Waals surface area contributed by atoms with Crippen molar-refractivity contribution in [2.24, 2.45) is 13.0 Å². The summed E-state index contributed by atoms with van der Waals surface area (Å²) in [7, 11) is 1.68. The van der Waals surface area contributed by atoms with Gasteiger partial charge in [0.15, 0.2) is 5.82 Å². The van der Waals surface area contributed by atoms with Crippen LogP contribution in [0.1, 0.15) is 31.5 Å². The number of amides is 3. The van der Waals surface area contributed by atoms with E-state index in [9.17, 15) is 9.59 Å². The summed E-state index contributed by atoms with van der Waals surface area (Å²) in [4.78, 5) is 29.8. The second-order valence-corrected chi connectivity index (χ2v) is 6.17. The molecule has 0 bridgehead atoms. The van der Waals surface area contributed by atoms with Crippen LogP contribution in [0.4, 0.5) is 4.79 Å². The third-order valence-corrected chi connectivity index (χ3v) is 4.41. The van der Waals surface area contributed by atoms with Crippen LogP contribution >= 0.6 is 0 Å². The fourth-order valence-corrected chi connectivity index (χ4v) is 3.18. The zero-order chi connectivity index (χ0) is 16.2. The number of aryl methyl sites for hydroxylation is 1. The molecule has 3 amide bonds. The lowest BCUT2D eigenvalue weighted by molar-refractivity contribution is -0.126. The summed E-state index contributed by atoms with van der Waals surface area (Å²) in [6.07, 6.45) is 3.83. The highest BCUT2D eigenvalue weighted by Crippen LogP contribution is 2.20. The van der Waals surface area contributed by atoms with E-state index in [0.717, 1.165) is 45.3 Å². The van der Waals surface area contributed by atoms with Crippen LogP contribution < -0.4 is 5.32 Å². The SMILES string of the molecule is Cn1nnc(CNC(=O)C2CCCN(C(=O)N3CCCC3)C2)n1. The maximum atomic E-state index is 12.4. The highest BCUT2D eigenvalue weighted by atomic mass is 16.2. The normalized spacial score (nSPS) is 21.5. The summed E-state index contributed by atoms with van der Waals surface area (Å²) in [5, 5.41) is 14.5. The molecule has 1 atom stereocenters. The van der Waals surface area contributed by atoms with Crippen LogP contribution in [-0.4, -0.2) is 68.1 Å². The number of rotatable bonds is 3. The van der Waals surface area contributed by atoms with Gasteiger partial charge in [0.05, 0.1) is 19.5 Å². The molecule has 0 saturated carbocycles. The van der Waals surface area contributed by atoms with Gasteiger partial charge in [-0.3, -0.25) is 4.79 Å². The van der Waals surface area contributed by atoms with Gasteiger partial charge in [0.1, 0.15) is 0 Å². The summed E-state index contributed by atoms with van der Waals surface area (Å²) in [5.41, 5.74) is 0. The summed E-state index contributed by atoms with van der Waals surface area (Å²) in [6.45, 7) is 3.18. The number of carbonyl (C=O) groups is 2. The minimum Gasteiger partial charge on any atom is -0.348 e. The predicted molar refractivity (Wildman–Crippen MR) is 81.1 cm³/mol. The minimum absolute atomic E-state index is 0.0450. The zero-order valence-corrected chi connectivity index (χ0v) is 13.4. The second kappa shape index (κ2) is 6.93. The summed E-state index contributed by atoms with van der Waals surface area (Å²) in [5.74, 6) is 0.282. The maximum absolute atomic E-state index is 12.4. The van der Waals surface area contributed by atoms with Crippen molar-refractivity contribution in [2.75, 3.05) is 26.2 Å². The third kappa shape index (κ3) is 3.77. The van der Waals surface area contributed by atoms with Crippen LogP contribution in [-0.2, 0) is 18.4 Å². The van der Waals surface area contributed by atoms with Crippen LogP contribution in [0, 0.1) is 5.92 Å². The largest absolute Gasteiger partial charge is 0.348 e. The number of carbonyl (C=O) groups excluding carboxylic acids is 2. The molecule has 1 aromatic rings. The van der Waals surface area contributed by atoms with Gasteiger partial charge < -0.3 is 15.1 Å². The molecule has 1 N–H and O–H groups in total. The molecule has 0 radical (unpaired) electrons. The van der Waals surface area contributed by atoms with E-state index in [1.54, 1.807) is 7.05 Å². The molecular weight excluding hydrogens is 298 g/mol. The van der Waals surface area contributed by atoms with Crippen molar-refractivity contribution in [1.82, 2.24) is 35.3 Å². The fourth-order valence-electron chi connectivity index (χ4n) is 3.18. The summed E-state index contributed by atoms with van der Waals surface area (Å²) in [6, 6.07) is 0.0793. The topological polar surface area (TPSA) is 96.2 Å². The van der Waals surface area contributed by atoms with Crippen molar-refractivity contribution in [1.29, 1.82) is 0 Å². The third-order valence-electron chi connectivity index (χ3n) is 4.41. The van der Waals surface area contributed by atoms with Crippen LogP contribution in [0.2, 0.25) is 0 Å². The van der Waals surface area contributed by atoms with E-state index >= 15 is 0 Å². The van der Waals surface area contributed by atoms with E-state index in [1.807, 2.05) is 9.80 Å². The lowest BCUT2D eigenvalue weighted by Crippen LogP contribution is -2.49. The highest BCUT2D eigenvalue weighted by Gasteiger charge is 2.31. The molecule has 0 aliphatic carbocycles. The van der Waals surface area contributed by atoms with Crippen molar-refractivity contribution in [3.63, 3.8) is 0 Å². The number of hydrogen-bond acceptors (Lipinski definition) is 5. The lowest BCUT2D eigenvalue weighted by atomic mass is 9.97. The first-order valence-corrected chi connectivity index (χ1v) is 8.18. The van der Waals surface area contributed by atoms with Gasteiger partial charge in [-0.15, -0.1) is 10.2 Å². The molecule has 3 heterocycles. The molecule has 1 unspecified atom stereocenters. The van der Waals surface area contributed by atoms with E-state index in [2.05, 4.69) is 20.7 Å². The van der Waals surface area contributed by atoms with Crippen LogP contribution in [0.5, 0.6) is 0 Å². The number of piperidine rings is 1. The van der Waals surface area contributed by atoms with Gasteiger partial charge in [0.2, 0.25) is 5.91 Å². The molecule has 9 nitrogen and oxygen atoms in total. The highest BCUT2D eigenvalue weighted by molar-refractivity contribution is 5.80. The average molecular weight is 321 g/mol. The number of nitrogens with zero attached hydrogens (tertiary/aromatic N) is 6. The molecule has 0 aromatic carbocycles. The first kappa shape index (κ1) is 15.7. The average Bonchev–Trinajstić information content (AvgIpc) is 3.23. The van der Waals surface area contributed by atoms with Crippen molar-refractivity contribution >= 4 is 11.9 Å². The van der Waals surface area contributed by atoms with Crippen LogP contribution in [0.25, 0.3) is 0 Å². The molecule has 9 heteroatoms. The molecule has 1 aromatic heterocycles. The van der Waals surface area contributed by atoms with E-state index in [1.165, 1.54) is 4.80 Å². The number of tetrazole rings is 1. The molecule has 2 fully saturated rings. The lowest BCUT2D eigenvalue weighted by Gasteiger charge is -2.34.